The van der Waals surface area contributed by atoms with Gasteiger partial charge in [-0.1, -0.05) is 17.1 Å². The van der Waals surface area contributed by atoms with Crippen LogP contribution in [0.4, 0.5) is 4.79 Å². The second-order valence-corrected chi connectivity index (χ2v) is 8.40. The number of rotatable bonds is 8. The summed E-state index contributed by atoms with van der Waals surface area (Å²) in [4.78, 5) is 29.4. The molecule has 10 nitrogen and oxygen atoms in total. The van der Waals surface area contributed by atoms with Crippen LogP contribution in [0.5, 0.6) is 5.75 Å². The molecular formula is C23H30N4O6. The van der Waals surface area contributed by atoms with E-state index in [1.54, 1.807) is 43.9 Å². The van der Waals surface area contributed by atoms with Gasteiger partial charge in [-0.2, -0.15) is 0 Å². The lowest BCUT2D eigenvalue weighted by atomic mass is 9.92. The molecule has 178 valence electrons. The first kappa shape index (κ1) is 25.8. The molecule has 33 heavy (non-hydrogen) atoms. The molecule has 2 rings (SSSR count). The average Bonchev–Trinajstić information content (AvgIpc) is 2.78. The Morgan fingerprint density at radius 2 is 2.12 bits per heavy atom. The number of ether oxygens (including phenoxy) is 4. The Balaban J connectivity index is 2.44. The van der Waals surface area contributed by atoms with Crippen LogP contribution in [0.1, 0.15) is 55.6 Å². The van der Waals surface area contributed by atoms with E-state index in [-0.39, 0.29) is 25.9 Å². The first-order valence-corrected chi connectivity index (χ1v) is 10.6. The number of hydrogen-bond donors (Lipinski definition) is 0. The predicted octanol–water partition coefficient (Wildman–Crippen LogP) is 4.25. The fraction of sp³-hybridized carbons (Fsp3) is 0.565. The van der Waals surface area contributed by atoms with Crippen LogP contribution < -0.4 is 4.74 Å². The lowest BCUT2D eigenvalue weighted by Crippen LogP contribution is -2.45. The molecule has 0 unspecified atom stereocenters. The summed E-state index contributed by atoms with van der Waals surface area (Å²) >= 11 is 0. The number of carbonyl (C=O) groups is 2. The van der Waals surface area contributed by atoms with Crippen LogP contribution >= 0.6 is 0 Å². The molecule has 0 bridgehead atoms. The Labute approximate surface area is 193 Å². The highest BCUT2D eigenvalue weighted by molar-refractivity contribution is 5.90. The molecule has 0 saturated carbocycles. The standard InChI is InChI=1S/C23H30N4O6/c1-6-12-31-17-9-11-27(22(29)33-23(2,3)4)19(15-17)18-8-7-16(21(28)30-5)14-20(18)32-13-10-25-26-24/h1,7-8,14,17,19H,9-13,15H2,2-5H3/t17-,19-/m0/s1. The molecule has 1 amide bonds. The maximum Gasteiger partial charge on any atom is 0.410 e. The van der Waals surface area contributed by atoms with Crippen molar-refractivity contribution in [3.05, 3.63) is 39.8 Å². The maximum absolute atomic E-state index is 13.0. The minimum Gasteiger partial charge on any atom is -0.493 e. The number of nitrogens with zero attached hydrogens (tertiary/aromatic N) is 4. The summed E-state index contributed by atoms with van der Waals surface area (Å²) in [6.07, 6.45) is 5.78. The summed E-state index contributed by atoms with van der Waals surface area (Å²) in [6, 6.07) is 4.44. The van der Waals surface area contributed by atoms with Crippen molar-refractivity contribution in [3.8, 4) is 18.1 Å². The van der Waals surface area contributed by atoms with Gasteiger partial charge in [0.25, 0.3) is 0 Å². The van der Waals surface area contributed by atoms with Crippen molar-refractivity contribution >= 4 is 12.1 Å². The Kier molecular flexibility index (Phi) is 9.40. The quantitative estimate of drug-likeness (QED) is 0.143. The zero-order valence-corrected chi connectivity index (χ0v) is 19.4. The lowest BCUT2D eigenvalue weighted by molar-refractivity contribution is -0.0248. The van der Waals surface area contributed by atoms with Crippen LogP contribution in [-0.4, -0.2) is 62.1 Å². The van der Waals surface area contributed by atoms with Crippen LogP contribution in [0.15, 0.2) is 23.3 Å². The second-order valence-electron chi connectivity index (χ2n) is 8.40. The van der Waals surface area contributed by atoms with Gasteiger partial charge in [-0.3, -0.25) is 0 Å². The lowest BCUT2D eigenvalue weighted by Gasteiger charge is -2.40. The third kappa shape index (κ3) is 7.59. The first-order chi connectivity index (χ1) is 15.7. The summed E-state index contributed by atoms with van der Waals surface area (Å²) in [6.45, 7) is 6.17. The van der Waals surface area contributed by atoms with Gasteiger partial charge in [0.05, 0.1) is 38.0 Å². The summed E-state index contributed by atoms with van der Waals surface area (Å²) in [5, 5.41) is 3.47. The van der Waals surface area contributed by atoms with Crippen molar-refractivity contribution in [1.29, 1.82) is 0 Å². The van der Waals surface area contributed by atoms with Crippen molar-refractivity contribution in [2.75, 3.05) is 33.4 Å². The molecular weight excluding hydrogens is 428 g/mol. The Bertz CT molecular complexity index is 930. The van der Waals surface area contributed by atoms with Gasteiger partial charge in [-0.15, -0.1) is 6.42 Å². The van der Waals surface area contributed by atoms with Gasteiger partial charge in [0, 0.05) is 17.0 Å². The van der Waals surface area contributed by atoms with Gasteiger partial charge in [0.15, 0.2) is 0 Å². The number of benzene rings is 1. The van der Waals surface area contributed by atoms with Crippen LogP contribution in [0.25, 0.3) is 10.4 Å². The van der Waals surface area contributed by atoms with Crippen LogP contribution in [0.3, 0.4) is 0 Å². The maximum atomic E-state index is 13.0. The Morgan fingerprint density at radius 3 is 2.76 bits per heavy atom. The molecule has 1 aromatic rings. The molecule has 2 atom stereocenters. The molecule has 0 aromatic heterocycles. The normalized spacial score (nSPS) is 18.0. The number of azide groups is 1. The van der Waals surface area contributed by atoms with Gasteiger partial charge < -0.3 is 23.8 Å². The van der Waals surface area contributed by atoms with Gasteiger partial charge in [-0.05, 0) is 51.3 Å². The van der Waals surface area contributed by atoms with E-state index in [0.717, 1.165) is 0 Å². The summed E-state index contributed by atoms with van der Waals surface area (Å²) in [5.74, 6) is 2.32. The summed E-state index contributed by atoms with van der Waals surface area (Å²) in [7, 11) is 1.29. The molecule has 10 heteroatoms. The number of esters is 1. The van der Waals surface area contributed by atoms with Crippen molar-refractivity contribution in [2.24, 2.45) is 5.11 Å². The Hall–Kier alpha value is -3.41. The number of piperidine rings is 1. The van der Waals surface area contributed by atoms with E-state index in [2.05, 4.69) is 15.9 Å². The number of methoxy groups -OCH3 is 1. The van der Waals surface area contributed by atoms with E-state index in [9.17, 15) is 9.59 Å². The number of hydrogen-bond acceptors (Lipinski definition) is 7. The molecule has 0 N–H and O–H groups in total. The molecule has 1 aromatic carbocycles. The van der Waals surface area contributed by atoms with Gasteiger partial charge in [-0.25, -0.2) is 9.59 Å². The number of likely N-dealkylation sites (tertiary alicyclic amines) is 1. The van der Waals surface area contributed by atoms with E-state index in [0.29, 0.717) is 36.3 Å². The third-order valence-corrected chi connectivity index (χ3v) is 4.89. The average molecular weight is 459 g/mol. The highest BCUT2D eigenvalue weighted by Gasteiger charge is 2.37. The molecule has 1 aliphatic heterocycles. The summed E-state index contributed by atoms with van der Waals surface area (Å²) < 4.78 is 22.0. The van der Waals surface area contributed by atoms with Gasteiger partial charge in [0.2, 0.25) is 0 Å². The van der Waals surface area contributed by atoms with Crippen molar-refractivity contribution in [2.45, 2.75) is 51.4 Å². The topological polar surface area (TPSA) is 123 Å². The predicted molar refractivity (Wildman–Crippen MR) is 121 cm³/mol. The summed E-state index contributed by atoms with van der Waals surface area (Å²) in [5.41, 5.74) is 8.81. The minimum absolute atomic E-state index is 0.0951. The van der Waals surface area contributed by atoms with Gasteiger partial charge >= 0.3 is 12.1 Å². The van der Waals surface area contributed by atoms with Crippen LogP contribution in [-0.2, 0) is 14.2 Å². The molecule has 0 aliphatic carbocycles. The van der Waals surface area contributed by atoms with E-state index in [1.165, 1.54) is 7.11 Å². The van der Waals surface area contributed by atoms with Crippen LogP contribution in [0, 0.1) is 12.3 Å². The minimum atomic E-state index is -0.665. The third-order valence-electron chi connectivity index (χ3n) is 4.89. The van der Waals surface area contributed by atoms with E-state index < -0.39 is 23.7 Å². The molecule has 0 spiro atoms. The zero-order chi connectivity index (χ0) is 24.4. The molecule has 1 saturated heterocycles. The van der Waals surface area contributed by atoms with E-state index in [4.69, 9.17) is 30.9 Å². The molecule has 1 fully saturated rings. The second kappa shape index (κ2) is 12.0. The molecule has 1 aliphatic rings. The number of carbonyl (C=O) groups excluding carboxylic acids is 2. The SMILES string of the molecule is C#CCO[C@H]1CCN(C(=O)OC(C)(C)C)[C@H](c2ccc(C(=O)OC)cc2OCCN=[N+]=[N-])C1. The van der Waals surface area contributed by atoms with Crippen molar-refractivity contribution in [1.82, 2.24) is 4.90 Å². The molecule has 1 heterocycles. The van der Waals surface area contributed by atoms with Crippen molar-refractivity contribution in [3.63, 3.8) is 0 Å². The monoisotopic (exact) mass is 458 g/mol. The number of terminal acetylenes is 1. The highest BCUT2D eigenvalue weighted by Crippen LogP contribution is 2.38. The smallest absolute Gasteiger partial charge is 0.410 e. The highest BCUT2D eigenvalue weighted by atomic mass is 16.6. The first-order valence-electron chi connectivity index (χ1n) is 10.6. The largest absolute Gasteiger partial charge is 0.493 e. The fourth-order valence-corrected chi connectivity index (χ4v) is 3.50. The van der Waals surface area contributed by atoms with E-state index in [1.807, 2.05) is 0 Å². The van der Waals surface area contributed by atoms with Gasteiger partial charge in [0.1, 0.15) is 18.0 Å². The zero-order valence-electron chi connectivity index (χ0n) is 19.4. The molecule has 0 radical (unpaired) electrons. The van der Waals surface area contributed by atoms with E-state index >= 15 is 0 Å². The Morgan fingerprint density at radius 1 is 1.36 bits per heavy atom. The number of amides is 1. The fourth-order valence-electron chi connectivity index (χ4n) is 3.50. The van der Waals surface area contributed by atoms with Crippen molar-refractivity contribution < 1.29 is 28.5 Å². The van der Waals surface area contributed by atoms with Crippen LogP contribution in [0.2, 0.25) is 0 Å².